The number of aromatic nitrogens is 1. The molecule has 0 aliphatic carbocycles. The molecule has 3 heterocycles. The molecule has 1 aromatic rings. The fraction of sp³-hybridized carbons (Fsp3) is 0.750. The fourth-order valence-electron chi connectivity index (χ4n) is 3.49. The molecular formula is C16H25N3O2S. The first-order valence-electron chi connectivity index (χ1n) is 8.16. The van der Waals surface area contributed by atoms with Crippen LogP contribution in [0.2, 0.25) is 0 Å². The molecule has 3 rings (SSSR count). The molecular weight excluding hydrogens is 298 g/mol. The van der Waals surface area contributed by atoms with Crippen LogP contribution in [0, 0.1) is 5.41 Å². The molecule has 1 aromatic heterocycles. The highest BCUT2D eigenvalue weighted by Crippen LogP contribution is 2.35. The molecule has 2 fully saturated rings. The quantitative estimate of drug-likeness (QED) is 0.831. The SMILES string of the molecule is CCCCN1CCOC[C@@]2(CC(=O)N(Cc3cncs3)C2)C1. The molecule has 122 valence electrons. The molecule has 22 heavy (non-hydrogen) atoms. The maximum Gasteiger partial charge on any atom is 0.223 e. The van der Waals surface area contributed by atoms with Crippen molar-refractivity contribution >= 4 is 17.2 Å². The summed E-state index contributed by atoms with van der Waals surface area (Å²) in [5, 5.41) is 0. The molecule has 6 heteroatoms. The van der Waals surface area contributed by atoms with Gasteiger partial charge in [-0.05, 0) is 13.0 Å². The maximum atomic E-state index is 12.4. The van der Waals surface area contributed by atoms with Gasteiger partial charge in [-0.25, -0.2) is 0 Å². The van der Waals surface area contributed by atoms with Crippen LogP contribution in [0.5, 0.6) is 0 Å². The number of amides is 1. The number of nitrogens with zero attached hydrogens (tertiary/aromatic N) is 3. The van der Waals surface area contributed by atoms with Gasteiger partial charge in [0.05, 0.1) is 25.3 Å². The monoisotopic (exact) mass is 323 g/mol. The minimum absolute atomic E-state index is 0.0218. The summed E-state index contributed by atoms with van der Waals surface area (Å²) in [6, 6.07) is 0. The number of thiazole rings is 1. The topological polar surface area (TPSA) is 45.7 Å². The minimum atomic E-state index is -0.0218. The molecule has 0 saturated carbocycles. The van der Waals surface area contributed by atoms with Gasteiger partial charge in [-0.3, -0.25) is 9.78 Å². The third-order valence-corrected chi connectivity index (χ3v) is 5.35. The molecule has 0 aromatic carbocycles. The van der Waals surface area contributed by atoms with E-state index in [4.69, 9.17) is 4.74 Å². The number of ether oxygens (including phenoxy) is 1. The molecule has 5 nitrogen and oxygen atoms in total. The van der Waals surface area contributed by atoms with Crippen LogP contribution >= 0.6 is 11.3 Å². The lowest BCUT2D eigenvalue weighted by Gasteiger charge is -2.31. The molecule has 0 N–H and O–H groups in total. The van der Waals surface area contributed by atoms with Crippen molar-refractivity contribution in [3.8, 4) is 0 Å². The van der Waals surface area contributed by atoms with E-state index in [1.54, 1.807) is 11.3 Å². The zero-order chi connectivity index (χ0) is 15.4. The molecule has 2 saturated heterocycles. The summed E-state index contributed by atoms with van der Waals surface area (Å²) >= 11 is 1.62. The van der Waals surface area contributed by atoms with E-state index in [0.717, 1.165) is 37.7 Å². The Balaban J connectivity index is 1.65. The van der Waals surface area contributed by atoms with Gasteiger partial charge in [0.2, 0.25) is 5.91 Å². The van der Waals surface area contributed by atoms with Gasteiger partial charge in [-0.2, -0.15) is 0 Å². The van der Waals surface area contributed by atoms with Crippen molar-refractivity contribution in [3.63, 3.8) is 0 Å². The second-order valence-corrected chi connectivity index (χ2v) is 7.55. The Bertz CT molecular complexity index is 494. The van der Waals surface area contributed by atoms with Crippen LogP contribution in [0.1, 0.15) is 31.1 Å². The van der Waals surface area contributed by atoms with Gasteiger partial charge >= 0.3 is 0 Å². The van der Waals surface area contributed by atoms with Crippen LogP contribution in [0.4, 0.5) is 0 Å². The average Bonchev–Trinajstić information content (AvgIpc) is 3.05. The first-order valence-corrected chi connectivity index (χ1v) is 9.04. The summed E-state index contributed by atoms with van der Waals surface area (Å²) in [5.74, 6) is 0.259. The molecule has 2 aliphatic heterocycles. The third kappa shape index (κ3) is 3.67. The Kier molecular flexibility index (Phi) is 5.10. The van der Waals surface area contributed by atoms with Crippen molar-refractivity contribution in [2.75, 3.05) is 39.4 Å². The Hall–Kier alpha value is -0.980. The van der Waals surface area contributed by atoms with E-state index in [1.807, 2.05) is 16.6 Å². The van der Waals surface area contributed by atoms with Crippen LogP contribution < -0.4 is 0 Å². The Morgan fingerprint density at radius 1 is 1.45 bits per heavy atom. The number of likely N-dealkylation sites (tertiary alicyclic amines) is 1. The number of rotatable bonds is 5. The fourth-order valence-corrected chi connectivity index (χ4v) is 4.10. The normalized spacial score (nSPS) is 26.8. The summed E-state index contributed by atoms with van der Waals surface area (Å²) < 4.78 is 5.84. The zero-order valence-electron chi connectivity index (χ0n) is 13.3. The zero-order valence-corrected chi connectivity index (χ0v) is 14.1. The maximum absolute atomic E-state index is 12.4. The van der Waals surface area contributed by atoms with Gasteiger partial charge in [0.1, 0.15) is 0 Å². The molecule has 0 radical (unpaired) electrons. The van der Waals surface area contributed by atoms with E-state index in [-0.39, 0.29) is 11.3 Å². The van der Waals surface area contributed by atoms with Crippen LogP contribution in [0.3, 0.4) is 0 Å². The van der Waals surface area contributed by atoms with Crippen molar-refractivity contribution in [2.45, 2.75) is 32.7 Å². The highest BCUT2D eigenvalue weighted by atomic mass is 32.1. The van der Waals surface area contributed by atoms with Crippen molar-refractivity contribution in [3.05, 3.63) is 16.6 Å². The summed E-state index contributed by atoms with van der Waals surface area (Å²) in [7, 11) is 0. The van der Waals surface area contributed by atoms with E-state index in [0.29, 0.717) is 19.6 Å². The lowest BCUT2D eigenvalue weighted by molar-refractivity contribution is -0.128. The van der Waals surface area contributed by atoms with Crippen LogP contribution in [0.15, 0.2) is 11.7 Å². The van der Waals surface area contributed by atoms with Gasteiger partial charge in [0.15, 0.2) is 0 Å². The van der Waals surface area contributed by atoms with Crippen molar-refractivity contribution in [1.29, 1.82) is 0 Å². The summed E-state index contributed by atoms with van der Waals surface area (Å²) in [6.07, 6.45) is 4.91. The number of hydrogen-bond donors (Lipinski definition) is 0. The Morgan fingerprint density at radius 2 is 2.36 bits per heavy atom. The summed E-state index contributed by atoms with van der Waals surface area (Å²) in [6.45, 7) is 8.31. The first kappa shape index (κ1) is 15.9. The third-order valence-electron chi connectivity index (χ3n) is 4.58. The molecule has 0 unspecified atom stereocenters. The average molecular weight is 323 g/mol. The smallest absolute Gasteiger partial charge is 0.223 e. The van der Waals surface area contributed by atoms with E-state index in [1.165, 1.54) is 12.8 Å². The van der Waals surface area contributed by atoms with Crippen LogP contribution in [-0.4, -0.2) is 60.1 Å². The second-order valence-electron chi connectivity index (χ2n) is 6.58. The lowest BCUT2D eigenvalue weighted by atomic mass is 9.87. The summed E-state index contributed by atoms with van der Waals surface area (Å²) in [4.78, 5) is 22.2. The first-order chi connectivity index (χ1) is 10.7. The van der Waals surface area contributed by atoms with E-state index in [9.17, 15) is 4.79 Å². The standard InChI is InChI=1S/C16H25N3O2S/c1-2-3-4-18-5-6-21-12-16(10-18)7-15(20)19(11-16)9-14-8-17-13-22-14/h8,13H,2-7,9-12H2,1H3/t16-/m0/s1. The number of carbonyl (C=O) groups excluding carboxylic acids is 1. The molecule has 1 atom stereocenters. The van der Waals surface area contributed by atoms with E-state index in [2.05, 4.69) is 16.8 Å². The van der Waals surface area contributed by atoms with Crippen LogP contribution in [0.25, 0.3) is 0 Å². The molecule has 0 bridgehead atoms. The van der Waals surface area contributed by atoms with Gasteiger partial charge < -0.3 is 14.5 Å². The number of unbranched alkanes of at least 4 members (excludes halogenated alkanes) is 1. The molecule has 1 spiro atoms. The molecule has 2 aliphatic rings. The largest absolute Gasteiger partial charge is 0.379 e. The highest BCUT2D eigenvalue weighted by Gasteiger charge is 2.45. The predicted octanol–water partition coefficient (Wildman–Crippen LogP) is 1.99. The Labute approximate surface area is 136 Å². The number of carbonyl (C=O) groups is 1. The van der Waals surface area contributed by atoms with Crippen molar-refractivity contribution < 1.29 is 9.53 Å². The van der Waals surface area contributed by atoms with E-state index >= 15 is 0 Å². The van der Waals surface area contributed by atoms with Gasteiger partial charge in [-0.15, -0.1) is 11.3 Å². The van der Waals surface area contributed by atoms with Gasteiger partial charge in [-0.1, -0.05) is 13.3 Å². The highest BCUT2D eigenvalue weighted by molar-refractivity contribution is 7.09. The molecule has 1 amide bonds. The second kappa shape index (κ2) is 7.06. The van der Waals surface area contributed by atoms with E-state index < -0.39 is 0 Å². The van der Waals surface area contributed by atoms with Gasteiger partial charge in [0.25, 0.3) is 0 Å². The predicted molar refractivity (Wildman–Crippen MR) is 86.7 cm³/mol. The van der Waals surface area contributed by atoms with Crippen LogP contribution in [-0.2, 0) is 16.1 Å². The lowest BCUT2D eigenvalue weighted by Crippen LogP contribution is -2.41. The Morgan fingerprint density at radius 3 is 3.14 bits per heavy atom. The van der Waals surface area contributed by atoms with Gasteiger partial charge in [0, 0.05) is 42.5 Å². The van der Waals surface area contributed by atoms with Crippen molar-refractivity contribution in [1.82, 2.24) is 14.8 Å². The summed E-state index contributed by atoms with van der Waals surface area (Å²) in [5.41, 5.74) is 1.80. The number of hydrogen-bond acceptors (Lipinski definition) is 5. The van der Waals surface area contributed by atoms with Crippen molar-refractivity contribution in [2.24, 2.45) is 5.41 Å². The minimum Gasteiger partial charge on any atom is -0.379 e.